The number of nitrogens with one attached hydrogen (secondary N) is 1. The summed E-state index contributed by atoms with van der Waals surface area (Å²) in [6, 6.07) is 0. The largest absolute Gasteiger partial charge is 0.280 e. The lowest BCUT2D eigenvalue weighted by Crippen LogP contribution is -2.33. The van der Waals surface area contributed by atoms with E-state index in [2.05, 4.69) is 12.3 Å². The van der Waals surface area contributed by atoms with Crippen molar-refractivity contribution in [2.24, 2.45) is 0 Å². The van der Waals surface area contributed by atoms with Crippen LogP contribution in [0.15, 0.2) is 0 Å². The molecule has 0 aromatic carbocycles. The molecule has 0 bridgehead atoms. The molecule has 0 aliphatic carbocycles. The van der Waals surface area contributed by atoms with Crippen LogP contribution in [0.25, 0.3) is 0 Å². The zero-order valence-corrected chi connectivity index (χ0v) is 6.46. The second-order valence-electron chi connectivity index (χ2n) is 1.93. The molecule has 0 atom stereocenters. The van der Waals surface area contributed by atoms with Crippen molar-refractivity contribution in [1.29, 1.82) is 0 Å². The summed E-state index contributed by atoms with van der Waals surface area (Å²) in [6.07, 6.45) is 2.67. The molecule has 0 aliphatic rings. The minimum absolute atomic E-state index is 0.575. The van der Waals surface area contributed by atoms with Gasteiger partial charge in [0.15, 0.2) is 0 Å². The fourth-order valence-electron chi connectivity index (χ4n) is 0.457. The molecule has 1 amide bonds. The first kappa shape index (κ1) is 9.39. The van der Waals surface area contributed by atoms with Crippen molar-refractivity contribution < 1.29 is 9.63 Å². The average molecular weight is 146 g/mol. The summed E-state index contributed by atoms with van der Waals surface area (Å²) >= 11 is 0. The van der Waals surface area contributed by atoms with Gasteiger partial charge in [-0.3, -0.25) is 15.1 Å². The fourth-order valence-corrected chi connectivity index (χ4v) is 0.457. The van der Waals surface area contributed by atoms with Crippen LogP contribution in [0.4, 0.5) is 0 Å². The predicted octanol–water partition coefficient (Wildman–Crippen LogP) is 0.311. The molecule has 0 saturated heterocycles. The van der Waals surface area contributed by atoms with E-state index in [4.69, 9.17) is 4.84 Å². The van der Waals surface area contributed by atoms with Gasteiger partial charge in [-0.25, -0.2) is 0 Å². The third-order valence-corrected chi connectivity index (χ3v) is 1.02. The highest BCUT2D eigenvalue weighted by Gasteiger charge is 1.92. The van der Waals surface area contributed by atoms with Gasteiger partial charge < -0.3 is 0 Å². The molecule has 0 aliphatic heterocycles. The quantitative estimate of drug-likeness (QED) is 0.333. The molecule has 0 spiro atoms. The lowest BCUT2D eigenvalue weighted by atomic mass is 10.4. The molecular weight excluding hydrogens is 132 g/mol. The number of hydrogen-bond donors (Lipinski definition) is 1. The summed E-state index contributed by atoms with van der Waals surface area (Å²) in [4.78, 5) is 14.8. The molecule has 0 unspecified atom stereocenters. The van der Waals surface area contributed by atoms with E-state index in [9.17, 15) is 4.79 Å². The highest BCUT2D eigenvalue weighted by molar-refractivity contribution is 5.44. The van der Waals surface area contributed by atoms with E-state index >= 15 is 0 Å². The first-order valence-electron chi connectivity index (χ1n) is 3.37. The molecule has 0 heterocycles. The maximum Gasteiger partial charge on any atom is 0.223 e. The van der Waals surface area contributed by atoms with Gasteiger partial charge >= 0.3 is 0 Å². The van der Waals surface area contributed by atoms with Crippen molar-refractivity contribution in [1.82, 2.24) is 10.6 Å². The fraction of sp³-hybridized carbons (Fsp3) is 0.833. The van der Waals surface area contributed by atoms with Crippen LogP contribution in [-0.4, -0.2) is 25.2 Å². The maximum absolute atomic E-state index is 9.82. The maximum atomic E-state index is 9.82. The normalized spacial score (nSPS) is 9.90. The number of unbranched alkanes of at least 4 members (excludes halogenated alkanes) is 1. The van der Waals surface area contributed by atoms with Crippen LogP contribution in [0.2, 0.25) is 0 Å². The number of rotatable bonds is 6. The summed E-state index contributed by atoms with van der Waals surface area (Å²) < 4.78 is 0. The number of hydrogen-bond acceptors (Lipinski definition) is 3. The Kier molecular flexibility index (Phi) is 6.11. The predicted molar refractivity (Wildman–Crippen MR) is 37.8 cm³/mol. The Hall–Kier alpha value is -0.610. The molecule has 0 radical (unpaired) electrons. The molecular formula is C6H14N2O2. The van der Waals surface area contributed by atoms with Crippen LogP contribution < -0.4 is 5.43 Å². The SMILES string of the molecule is CCCCON(C)NC=O. The summed E-state index contributed by atoms with van der Waals surface area (Å²) in [5.41, 5.74) is 2.33. The molecule has 1 N–H and O–H groups in total. The first-order valence-corrected chi connectivity index (χ1v) is 3.37. The first-order chi connectivity index (χ1) is 4.81. The van der Waals surface area contributed by atoms with Gasteiger partial charge in [-0.05, 0) is 6.42 Å². The molecule has 4 nitrogen and oxygen atoms in total. The topological polar surface area (TPSA) is 41.6 Å². The van der Waals surface area contributed by atoms with Crippen molar-refractivity contribution in [2.45, 2.75) is 19.8 Å². The minimum Gasteiger partial charge on any atom is -0.280 e. The number of amides is 1. The Balaban J connectivity index is 3.04. The molecule has 60 valence electrons. The Morgan fingerprint density at radius 1 is 1.70 bits per heavy atom. The average Bonchev–Trinajstić information content (AvgIpc) is 1.89. The van der Waals surface area contributed by atoms with Gasteiger partial charge in [0.2, 0.25) is 6.41 Å². The highest BCUT2D eigenvalue weighted by atomic mass is 16.7. The minimum atomic E-state index is 0.575. The highest BCUT2D eigenvalue weighted by Crippen LogP contribution is 1.87. The van der Waals surface area contributed by atoms with E-state index in [1.54, 1.807) is 7.05 Å². The summed E-state index contributed by atoms with van der Waals surface area (Å²) in [5, 5.41) is 1.29. The Bertz CT molecular complexity index is 87.8. The monoisotopic (exact) mass is 146 g/mol. The van der Waals surface area contributed by atoms with E-state index in [0.29, 0.717) is 13.0 Å². The van der Waals surface area contributed by atoms with E-state index < -0.39 is 0 Å². The zero-order valence-electron chi connectivity index (χ0n) is 6.46. The van der Waals surface area contributed by atoms with Gasteiger partial charge in [0.25, 0.3) is 0 Å². The summed E-state index contributed by atoms with van der Waals surface area (Å²) in [6.45, 7) is 2.73. The van der Waals surface area contributed by atoms with Gasteiger partial charge in [0.05, 0.1) is 6.61 Å². The van der Waals surface area contributed by atoms with Gasteiger partial charge in [0, 0.05) is 7.05 Å². The Morgan fingerprint density at radius 2 is 2.40 bits per heavy atom. The van der Waals surface area contributed by atoms with Crippen molar-refractivity contribution in [3.63, 3.8) is 0 Å². The van der Waals surface area contributed by atoms with Crippen molar-refractivity contribution in [2.75, 3.05) is 13.7 Å². The van der Waals surface area contributed by atoms with Gasteiger partial charge in [0.1, 0.15) is 0 Å². The lowest BCUT2D eigenvalue weighted by Gasteiger charge is -2.13. The molecule has 0 rings (SSSR count). The Morgan fingerprint density at radius 3 is 2.90 bits per heavy atom. The van der Waals surface area contributed by atoms with Gasteiger partial charge in [-0.1, -0.05) is 13.3 Å². The third kappa shape index (κ3) is 5.53. The second kappa shape index (κ2) is 6.51. The van der Waals surface area contributed by atoms with Crippen molar-refractivity contribution in [3.8, 4) is 0 Å². The lowest BCUT2D eigenvalue weighted by molar-refractivity contribution is -0.178. The molecule has 0 aromatic rings. The van der Waals surface area contributed by atoms with Gasteiger partial charge in [-0.2, -0.15) is 0 Å². The van der Waals surface area contributed by atoms with Crippen LogP contribution in [0.5, 0.6) is 0 Å². The third-order valence-electron chi connectivity index (χ3n) is 1.02. The number of hydroxylamine groups is 1. The number of carbonyl (C=O) groups excluding carboxylic acids is 1. The van der Waals surface area contributed by atoms with Crippen LogP contribution in [-0.2, 0) is 9.63 Å². The number of hydrazine groups is 1. The molecule has 4 heteroatoms. The van der Waals surface area contributed by atoms with Crippen molar-refractivity contribution in [3.05, 3.63) is 0 Å². The number of carbonyl (C=O) groups is 1. The van der Waals surface area contributed by atoms with Crippen LogP contribution in [0.1, 0.15) is 19.8 Å². The molecule has 10 heavy (non-hydrogen) atoms. The van der Waals surface area contributed by atoms with E-state index in [1.165, 1.54) is 5.17 Å². The smallest absolute Gasteiger partial charge is 0.223 e. The zero-order chi connectivity index (χ0) is 7.82. The van der Waals surface area contributed by atoms with Crippen molar-refractivity contribution >= 4 is 6.41 Å². The standard InChI is InChI=1S/C6H14N2O2/c1-3-4-5-10-8(2)7-6-9/h6H,3-5H2,1-2H3,(H,7,9). The van der Waals surface area contributed by atoms with Crippen LogP contribution in [0.3, 0.4) is 0 Å². The molecule has 0 saturated carbocycles. The van der Waals surface area contributed by atoms with Crippen LogP contribution in [0, 0.1) is 0 Å². The van der Waals surface area contributed by atoms with E-state index in [0.717, 1.165) is 12.8 Å². The van der Waals surface area contributed by atoms with Crippen LogP contribution >= 0.6 is 0 Å². The second-order valence-corrected chi connectivity index (χ2v) is 1.93. The Labute approximate surface area is 61.1 Å². The summed E-state index contributed by atoms with van der Waals surface area (Å²) in [5.74, 6) is 0. The number of nitrogens with zero attached hydrogens (tertiary/aromatic N) is 1. The van der Waals surface area contributed by atoms with Gasteiger partial charge in [-0.15, -0.1) is 5.17 Å². The summed E-state index contributed by atoms with van der Waals surface area (Å²) in [7, 11) is 1.64. The van der Waals surface area contributed by atoms with E-state index in [1.807, 2.05) is 0 Å². The van der Waals surface area contributed by atoms with E-state index in [-0.39, 0.29) is 0 Å². The molecule has 0 aromatic heterocycles. The molecule has 0 fully saturated rings.